The summed E-state index contributed by atoms with van der Waals surface area (Å²) in [4.78, 5) is 16.4. The summed E-state index contributed by atoms with van der Waals surface area (Å²) in [6.45, 7) is 11.2. The Bertz CT molecular complexity index is 275. The van der Waals surface area contributed by atoms with Gasteiger partial charge in [-0.05, 0) is 53.5 Å². The molecule has 0 aromatic rings. The highest BCUT2D eigenvalue weighted by molar-refractivity contribution is 5.81. The average Bonchev–Trinajstić information content (AvgIpc) is 2.50. The van der Waals surface area contributed by atoms with Gasteiger partial charge in [0.05, 0.1) is 11.6 Å². The Morgan fingerprint density at radius 2 is 1.94 bits per heavy atom. The van der Waals surface area contributed by atoms with Crippen LogP contribution in [0.2, 0.25) is 0 Å². The number of hydrogen-bond acceptors (Lipinski definition) is 3. The van der Waals surface area contributed by atoms with E-state index in [-0.39, 0.29) is 11.9 Å². The smallest absolute Gasteiger partial charge is 0.239 e. The van der Waals surface area contributed by atoms with E-state index >= 15 is 0 Å². The van der Waals surface area contributed by atoms with Crippen LogP contribution in [0.15, 0.2) is 0 Å². The molecule has 4 nitrogen and oxygen atoms in total. The number of rotatable bonds is 4. The molecule has 0 aromatic carbocycles. The minimum Gasteiger partial charge on any atom is -0.390 e. The number of aliphatic hydroxyl groups is 1. The Morgan fingerprint density at radius 3 is 2.50 bits per heavy atom. The van der Waals surface area contributed by atoms with Crippen LogP contribution in [0, 0.1) is 0 Å². The lowest BCUT2D eigenvalue weighted by molar-refractivity contribution is -0.136. The summed E-state index contributed by atoms with van der Waals surface area (Å²) >= 11 is 0. The maximum atomic E-state index is 12.3. The van der Waals surface area contributed by atoms with E-state index in [2.05, 4.69) is 4.90 Å². The molecule has 1 aliphatic heterocycles. The largest absolute Gasteiger partial charge is 0.390 e. The molecule has 1 heterocycles. The van der Waals surface area contributed by atoms with Crippen molar-refractivity contribution in [3.63, 3.8) is 0 Å². The molecule has 0 radical (unpaired) electrons. The number of likely N-dealkylation sites (tertiary alicyclic amines) is 1. The van der Waals surface area contributed by atoms with Crippen molar-refractivity contribution in [3.05, 3.63) is 0 Å². The number of hydrogen-bond donors (Lipinski definition) is 1. The zero-order valence-corrected chi connectivity index (χ0v) is 12.3. The summed E-state index contributed by atoms with van der Waals surface area (Å²) < 4.78 is 0. The molecule has 106 valence electrons. The van der Waals surface area contributed by atoms with Gasteiger partial charge >= 0.3 is 0 Å². The lowest BCUT2D eigenvalue weighted by Crippen LogP contribution is -2.47. The van der Waals surface area contributed by atoms with Crippen LogP contribution in [0.5, 0.6) is 0 Å². The van der Waals surface area contributed by atoms with Crippen LogP contribution in [0.3, 0.4) is 0 Å². The van der Waals surface area contributed by atoms with Gasteiger partial charge in [0.1, 0.15) is 0 Å². The van der Waals surface area contributed by atoms with E-state index in [1.165, 1.54) is 0 Å². The fraction of sp³-hybridized carbons (Fsp3) is 0.929. The van der Waals surface area contributed by atoms with Gasteiger partial charge in [0.15, 0.2) is 0 Å². The third kappa shape index (κ3) is 3.95. The number of likely N-dealkylation sites (N-methyl/N-ethyl adjacent to an activating group) is 1. The third-order valence-electron chi connectivity index (χ3n) is 4.08. The molecule has 1 rings (SSSR count). The normalized spacial score (nSPS) is 27.6. The molecule has 1 amide bonds. The summed E-state index contributed by atoms with van der Waals surface area (Å²) in [7, 11) is 0. The van der Waals surface area contributed by atoms with Crippen LogP contribution in [0.1, 0.15) is 47.0 Å². The van der Waals surface area contributed by atoms with Crippen molar-refractivity contribution in [1.29, 1.82) is 0 Å². The minimum atomic E-state index is -0.563. The first-order chi connectivity index (χ1) is 8.41. The number of nitrogens with zero attached hydrogens (tertiary/aromatic N) is 2. The number of carbonyl (C=O) groups excluding carboxylic acids is 1. The Kier molecular flexibility index (Phi) is 5.60. The zero-order chi connectivity index (χ0) is 13.8. The molecule has 0 bridgehead atoms. The highest BCUT2D eigenvalue weighted by atomic mass is 16.3. The van der Waals surface area contributed by atoms with Gasteiger partial charge in [0, 0.05) is 19.6 Å². The van der Waals surface area contributed by atoms with Crippen molar-refractivity contribution in [2.75, 3.05) is 26.2 Å². The van der Waals surface area contributed by atoms with E-state index in [4.69, 9.17) is 0 Å². The fourth-order valence-corrected chi connectivity index (χ4v) is 2.63. The number of amides is 1. The molecular formula is C14H28N2O2. The molecule has 1 N–H and O–H groups in total. The Hall–Kier alpha value is -0.610. The van der Waals surface area contributed by atoms with Crippen LogP contribution < -0.4 is 0 Å². The lowest BCUT2D eigenvalue weighted by atomic mass is 9.98. The Labute approximate surface area is 111 Å². The maximum absolute atomic E-state index is 12.3. The van der Waals surface area contributed by atoms with Crippen LogP contribution >= 0.6 is 0 Å². The van der Waals surface area contributed by atoms with E-state index < -0.39 is 5.60 Å². The van der Waals surface area contributed by atoms with Crippen molar-refractivity contribution in [2.24, 2.45) is 0 Å². The van der Waals surface area contributed by atoms with Crippen LogP contribution in [0.4, 0.5) is 0 Å². The first-order valence-electron chi connectivity index (χ1n) is 7.16. The van der Waals surface area contributed by atoms with E-state index in [1.54, 1.807) is 0 Å². The van der Waals surface area contributed by atoms with E-state index in [0.717, 1.165) is 45.4 Å². The second kappa shape index (κ2) is 6.53. The maximum Gasteiger partial charge on any atom is 0.239 e. The topological polar surface area (TPSA) is 43.8 Å². The molecule has 18 heavy (non-hydrogen) atoms. The molecule has 4 heteroatoms. The summed E-state index contributed by atoms with van der Waals surface area (Å²) in [6.07, 6.45) is 2.54. The lowest BCUT2D eigenvalue weighted by Gasteiger charge is -2.31. The second-order valence-corrected chi connectivity index (χ2v) is 5.57. The van der Waals surface area contributed by atoms with Gasteiger partial charge in [-0.2, -0.15) is 0 Å². The second-order valence-electron chi connectivity index (χ2n) is 5.57. The van der Waals surface area contributed by atoms with Crippen molar-refractivity contribution >= 4 is 5.91 Å². The third-order valence-corrected chi connectivity index (χ3v) is 4.08. The predicted molar refractivity (Wildman–Crippen MR) is 73.4 cm³/mol. The van der Waals surface area contributed by atoms with Crippen LogP contribution in [0.25, 0.3) is 0 Å². The predicted octanol–water partition coefficient (Wildman–Crippen LogP) is 1.48. The molecule has 0 spiro atoms. The Balaban J connectivity index is 2.61. The van der Waals surface area contributed by atoms with Gasteiger partial charge in [-0.15, -0.1) is 0 Å². The molecule has 1 saturated heterocycles. The molecular weight excluding hydrogens is 228 g/mol. The van der Waals surface area contributed by atoms with Gasteiger partial charge in [-0.1, -0.05) is 0 Å². The first-order valence-corrected chi connectivity index (χ1v) is 7.16. The van der Waals surface area contributed by atoms with Gasteiger partial charge in [0.2, 0.25) is 5.91 Å². The summed E-state index contributed by atoms with van der Waals surface area (Å²) in [5.74, 6) is 0.210. The van der Waals surface area contributed by atoms with Gasteiger partial charge < -0.3 is 10.0 Å². The van der Waals surface area contributed by atoms with Crippen LogP contribution in [-0.2, 0) is 4.79 Å². The molecule has 0 saturated carbocycles. The highest BCUT2D eigenvalue weighted by Crippen LogP contribution is 2.22. The van der Waals surface area contributed by atoms with E-state index in [0.29, 0.717) is 0 Å². The molecule has 1 fully saturated rings. The molecule has 2 atom stereocenters. The standard InChI is InChI=1S/C14H28N2O2/c1-5-15(6-2)13(17)12(3)16-10-7-8-14(4,18)9-11-16/h12,18H,5-11H2,1-4H3. The monoisotopic (exact) mass is 256 g/mol. The van der Waals surface area contributed by atoms with Crippen LogP contribution in [-0.4, -0.2) is 58.6 Å². The Morgan fingerprint density at radius 1 is 1.33 bits per heavy atom. The highest BCUT2D eigenvalue weighted by Gasteiger charge is 2.30. The molecule has 0 aromatic heterocycles. The SMILES string of the molecule is CCN(CC)C(=O)C(C)N1CCCC(C)(O)CC1. The average molecular weight is 256 g/mol. The van der Waals surface area contributed by atoms with Gasteiger partial charge in [0.25, 0.3) is 0 Å². The quantitative estimate of drug-likeness (QED) is 0.828. The summed E-state index contributed by atoms with van der Waals surface area (Å²) in [6, 6.07) is -0.0706. The minimum absolute atomic E-state index is 0.0706. The summed E-state index contributed by atoms with van der Waals surface area (Å²) in [5.41, 5.74) is -0.563. The molecule has 2 unspecified atom stereocenters. The fourth-order valence-electron chi connectivity index (χ4n) is 2.63. The first kappa shape index (κ1) is 15.4. The van der Waals surface area contributed by atoms with E-state index in [1.807, 2.05) is 32.6 Å². The zero-order valence-electron chi connectivity index (χ0n) is 12.3. The van der Waals surface area contributed by atoms with Crippen molar-refractivity contribution in [3.8, 4) is 0 Å². The number of carbonyl (C=O) groups is 1. The van der Waals surface area contributed by atoms with Crippen molar-refractivity contribution < 1.29 is 9.90 Å². The van der Waals surface area contributed by atoms with Crippen molar-refractivity contribution in [1.82, 2.24) is 9.80 Å². The van der Waals surface area contributed by atoms with Gasteiger partial charge in [-0.3, -0.25) is 9.69 Å². The molecule has 0 aliphatic carbocycles. The van der Waals surface area contributed by atoms with Gasteiger partial charge in [-0.25, -0.2) is 0 Å². The summed E-state index contributed by atoms with van der Waals surface area (Å²) in [5, 5.41) is 10.1. The van der Waals surface area contributed by atoms with Crippen molar-refractivity contribution in [2.45, 2.75) is 58.6 Å². The molecule has 1 aliphatic rings. The van der Waals surface area contributed by atoms with E-state index in [9.17, 15) is 9.90 Å².